The normalized spacial score (nSPS) is 14.7. The maximum atomic E-state index is 13.7. The topological polar surface area (TPSA) is 55.5 Å². The number of ether oxygens (including phenoxy) is 1. The van der Waals surface area contributed by atoms with Crippen LogP contribution >= 0.6 is 0 Å². The molecule has 1 rings (SSSR count). The molecule has 1 atom stereocenters. The smallest absolute Gasteiger partial charge is 0.168 e. The molecule has 0 bridgehead atoms. The Balaban J connectivity index is 2.95. The third kappa shape index (κ3) is 2.91. The first-order valence-corrected chi connectivity index (χ1v) is 4.74. The van der Waals surface area contributed by atoms with Gasteiger partial charge in [0.05, 0.1) is 12.7 Å². The third-order valence-electron chi connectivity index (χ3n) is 2.27. The van der Waals surface area contributed by atoms with Crippen molar-refractivity contribution in [2.24, 2.45) is 5.73 Å². The molecule has 1 aromatic carbocycles. The molecule has 0 spiro atoms. The highest BCUT2D eigenvalue weighted by atomic mass is 19.1. The Morgan fingerprint density at radius 2 is 2.20 bits per heavy atom. The summed E-state index contributed by atoms with van der Waals surface area (Å²) in [6.07, 6.45) is 0.173. The van der Waals surface area contributed by atoms with E-state index in [-0.39, 0.29) is 18.7 Å². The Labute approximate surface area is 88.7 Å². The number of hydrogen-bond acceptors (Lipinski definition) is 3. The van der Waals surface area contributed by atoms with Crippen molar-refractivity contribution in [2.75, 3.05) is 13.7 Å². The monoisotopic (exact) mass is 213 g/mol. The van der Waals surface area contributed by atoms with Gasteiger partial charge in [0, 0.05) is 13.0 Å². The summed E-state index contributed by atoms with van der Waals surface area (Å²) in [5, 5.41) is 9.73. The van der Waals surface area contributed by atoms with Gasteiger partial charge in [0.25, 0.3) is 0 Å². The summed E-state index contributed by atoms with van der Waals surface area (Å²) in [6, 6.07) is 4.84. The van der Waals surface area contributed by atoms with E-state index in [0.717, 1.165) is 0 Å². The van der Waals surface area contributed by atoms with Crippen LogP contribution in [0.2, 0.25) is 0 Å². The fourth-order valence-electron chi connectivity index (χ4n) is 1.33. The van der Waals surface area contributed by atoms with Gasteiger partial charge in [0.15, 0.2) is 11.6 Å². The highest BCUT2D eigenvalue weighted by Crippen LogP contribution is 2.23. The van der Waals surface area contributed by atoms with Crippen LogP contribution in [0.1, 0.15) is 12.5 Å². The number of methoxy groups -OCH3 is 1. The second kappa shape index (κ2) is 4.59. The summed E-state index contributed by atoms with van der Waals surface area (Å²) >= 11 is 0. The molecule has 15 heavy (non-hydrogen) atoms. The van der Waals surface area contributed by atoms with Crippen LogP contribution in [0.4, 0.5) is 4.39 Å². The van der Waals surface area contributed by atoms with Crippen LogP contribution in [0.5, 0.6) is 5.75 Å². The van der Waals surface area contributed by atoms with E-state index < -0.39 is 11.4 Å². The van der Waals surface area contributed by atoms with Crippen LogP contribution in [-0.2, 0) is 6.42 Å². The number of aliphatic hydroxyl groups is 1. The van der Waals surface area contributed by atoms with E-state index in [0.29, 0.717) is 5.56 Å². The Morgan fingerprint density at radius 1 is 1.53 bits per heavy atom. The summed E-state index contributed by atoms with van der Waals surface area (Å²) in [4.78, 5) is 0. The summed E-state index contributed by atoms with van der Waals surface area (Å²) in [7, 11) is 1.41. The van der Waals surface area contributed by atoms with Gasteiger partial charge >= 0.3 is 0 Å². The molecule has 0 radical (unpaired) electrons. The lowest BCUT2D eigenvalue weighted by Crippen LogP contribution is -2.36. The molecule has 0 aliphatic heterocycles. The van der Waals surface area contributed by atoms with E-state index in [2.05, 4.69) is 0 Å². The highest BCUT2D eigenvalue weighted by Gasteiger charge is 2.21. The van der Waals surface area contributed by atoms with Crippen LogP contribution in [-0.4, -0.2) is 24.4 Å². The average Bonchev–Trinajstić information content (AvgIpc) is 2.21. The predicted molar refractivity (Wildman–Crippen MR) is 56.3 cm³/mol. The molecule has 3 nitrogen and oxygen atoms in total. The molecule has 0 saturated heterocycles. The zero-order chi connectivity index (χ0) is 11.5. The zero-order valence-electron chi connectivity index (χ0n) is 8.96. The maximum absolute atomic E-state index is 13.7. The van der Waals surface area contributed by atoms with Gasteiger partial charge in [-0.05, 0) is 18.6 Å². The van der Waals surface area contributed by atoms with Gasteiger partial charge in [-0.25, -0.2) is 4.39 Å². The lowest BCUT2D eigenvalue weighted by Gasteiger charge is -2.21. The standard InChI is InChI=1S/C11H16FNO2/c1-11(14,7-13)6-8-4-3-5-9(15-2)10(8)12/h3-5,14H,6-7,13H2,1-2H3. The predicted octanol–water partition coefficient (Wildman–Crippen LogP) is 1.09. The van der Waals surface area contributed by atoms with Crippen LogP contribution in [0.25, 0.3) is 0 Å². The zero-order valence-corrected chi connectivity index (χ0v) is 8.96. The quantitative estimate of drug-likeness (QED) is 0.787. The first-order chi connectivity index (χ1) is 7.00. The second-order valence-corrected chi connectivity index (χ2v) is 3.81. The molecule has 3 N–H and O–H groups in total. The molecule has 0 heterocycles. The van der Waals surface area contributed by atoms with E-state index in [1.165, 1.54) is 13.2 Å². The first kappa shape index (κ1) is 11.9. The second-order valence-electron chi connectivity index (χ2n) is 3.81. The number of hydrogen-bond donors (Lipinski definition) is 2. The van der Waals surface area contributed by atoms with Gasteiger partial charge in [0.1, 0.15) is 0 Å². The first-order valence-electron chi connectivity index (χ1n) is 4.74. The van der Waals surface area contributed by atoms with Gasteiger partial charge in [-0.1, -0.05) is 12.1 Å². The number of nitrogens with two attached hydrogens (primary N) is 1. The molecule has 1 aromatic rings. The summed E-state index contributed by atoms with van der Waals surface area (Å²) < 4.78 is 18.5. The number of halogens is 1. The minimum absolute atomic E-state index is 0.0870. The summed E-state index contributed by atoms with van der Waals surface area (Å²) in [5.74, 6) is -0.256. The SMILES string of the molecule is COc1cccc(CC(C)(O)CN)c1F. The van der Waals surface area contributed by atoms with Crippen molar-refractivity contribution in [2.45, 2.75) is 18.9 Å². The Morgan fingerprint density at radius 3 is 2.73 bits per heavy atom. The largest absolute Gasteiger partial charge is 0.494 e. The molecule has 0 fully saturated rings. The lowest BCUT2D eigenvalue weighted by molar-refractivity contribution is 0.0686. The van der Waals surface area contributed by atoms with E-state index in [9.17, 15) is 9.50 Å². The average molecular weight is 213 g/mol. The van der Waals surface area contributed by atoms with Crippen molar-refractivity contribution < 1.29 is 14.2 Å². The van der Waals surface area contributed by atoms with Crippen molar-refractivity contribution in [1.82, 2.24) is 0 Å². The molecule has 84 valence electrons. The molecule has 0 aliphatic rings. The molecule has 4 heteroatoms. The fraction of sp³-hybridized carbons (Fsp3) is 0.455. The van der Waals surface area contributed by atoms with Crippen LogP contribution in [0, 0.1) is 5.82 Å². The van der Waals surface area contributed by atoms with Gasteiger partial charge in [-0.2, -0.15) is 0 Å². The van der Waals surface area contributed by atoms with E-state index in [1.807, 2.05) is 0 Å². The molecule has 1 unspecified atom stereocenters. The van der Waals surface area contributed by atoms with Crippen LogP contribution in [0.3, 0.4) is 0 Å². The van der Waals surface area contributed by atoms with Crippen molar-refractivity contribution in [1.29, 1.82) is 0 Å². The Bertz CT molecular complexity index is 339. The lowest BCUT2D eigenvalue weighted by atomic mass is 9.96. The van der Waals surface area contributed by atoms with Gasteiger partial charge in [-0.3, -0.25) is 0 Å². The molecule has 0 amide bonds. The van der Waals surface area contributed by atoms with Crippen molar-refractivity contribution in [3.63, 3.8) is 0 Å². The Kier molecular flexibility index (Phi) is 3.66. The van der Waals surface area contributed by atoms with Crippen molar-refractivity contribution in [3.05, 3.63) is 29.6 Å². The minimum Gasteiger partial charge on any atom is -0.494 e. The van der Waals surface area contributed by atoms with E-state index in [4.69, 9.17) is 10.5 Å². The van der Waals surface area contributed by atoms with Crippen LogP contribution < -0.4 is 10.5 Å². The van der Waals surface area contributed by atoms with Crippen molar-refractivity contribution in [3.8, 4) is 5.75 Å². The van der Waals surface area contributed by atoms with Gasteiger partial charge in [0.2, 0.25) is 0 Å². The number of rotatable bonds is 4. The molecule has 0 saturated carbocycles. The van der Waals surface area contributed by atoms with E-state index in [1.54, 1.807) is 19.1 Å². The molecule has 0 aliphatic carbocycles. The Hall–Kier alpha value is -1.13. The fourth-order valence-corrected chi connectivity index (χ4v) is 1.33. The molecular weight excluding hydrogens is 197 g/mol. The molecular formula is C11H16FNO2. The number of benzene rings is 1. The summed E-state index contributed by atoms with van der Waals surface area (Å²) in [5.41, 5.74) is 4.69. The van der Waals surface area contributed by atoms with Crippen LogP contribution in [0.15, 0.2) is 18.2 Å². The van der Waals surface area contributed by atoms with Gasteiger partial charge < -0.3 is 15.6 Å². The minimum atomic E-state index is -1.09. The third-order valence-corrected chi connectivity index (χ3v) is 2.27. The van der Waals surface area contributed by atoms with Crippen molar-refractivity contribution >= 4 is 0 Å². The summed E-state index contributed by atoms with van der Waals surface area (Å²) in [6.45, 7) is 1.66. The highest BCUT2D eigenvalue weighted by molar-refractivity contribution is 5.31. The van der Waals surface area contributed by atoms with E-state index >= 15 is 0 Å². The molecule has 0 aromatic heterocycles. The van der Waals surface area contributed by atoms with Gasteiger partial charge in [-0.15, -0.1) is 0 Å². The maximum Gasteiger partial charge on any atom is 0.168 e.